The van der Waals surface area contributed by atoms with Crippen molar-refractivity contribution < 1.29 is 22.7 Å². The van der Waals surface area contributed by atoms with E-state index in [4.69, 9.17) is 9.47 Å². The standard InChI is InChI=1S/C16H16N2O5S/c1-18(24(20,21)13-5-3-2-4-6-13)10-16(19)17-12-7-8-14-15(9-12)23-11-22-14/h2-9H,10-11H2,1H3,(H,17,19). The zero-order valence-electron chi connectivity index (χ0n) is 12.9. The summed E-state index contributed by atoms with van der Waals surface area (Å²) in [6, 6.07) is 12.9. The minimum absolute atomic E-state index is 0.142. The van der Waals surface area contributed by atoms with Crippen molar-refractivity contribution in [3.8, 4) is 11.5 Å². The van der Waals surface area contributed by atoms with E-state index in [-0.39, 0.29) is 18.2 Å². The average molecular weight is 348 g/mol. The second-order valence-electron chi connectivity index (χ2n) is 5.19. The highest BCUT2D eigenvalue weighted by molar-refractivity contribution is 7.89. The van der Waals surface area contributed by atoms with Crippen LogP contribution in [0.3, 0.4) is 0 Å². The van der Waals surface area contributed by atoms with Crippen molar-refractivity contribution in [2.45, 2.75) is 4.90 Å². The molecule has 7 nitrogen and oxygen atoms in total. The fourth-order valence-corrected chi connectivity index (χ4v) is 3.38. The largest absolute Gasteiger partial charge is 0.454 e. The van der Waals surface area contributed by atoms with Gasteiger partial charge in [0.1, 0.15) is 0 Å². The molecule has 0 atom stereocenters. The first kappa shape index (κ1) is 16.3. The average Bonchev–Trinajstić information content (AvgIpc) is 3.03. The number of carbonyl (C=O) groups is 1. The van der Waals surface area contributed by atoms with Crippen molar-refractivity contribution in [2.24, 2.45) is 0 Å². The first-order valence-electron chi connectivity index (χ1n) is 7.18. The Kier molecular flexibility index (Phi) is 4.41. The van der Waals surface area contributed by atoms with Gasteiger partial charge in [0.25, 0.3) is 0 Å². The van der Waals surface area contributed by atoms with Gasteiger partial charge in [0.05, 0.1) is 11.4 Å². The van der Waals surface area contributed by atoms with Crippen molar-refractivity contribution in [1.29, 1.82) is 0 Å². The Morgan fingerprint density at radius 3 is 2.58 bits per heavy atom. The van der Waals surface area contributed by atoms with E-state index in [1.165, 1.54) is 19.2 Å². The zero-order chi connectivity index (χ0) is 17.2. The number of benzene rings is 2. The van der Waals surface area contributed by atoms with Crippen LogP contribution in [0.2, 0.25) is 0 Å². The fraction of sp³-hybridized carbons (Fsp3) is 0.188. The van der Waals surface area contributed by atoms with Crippen molar-refractivity contribution in [3.63, 3.8) is 0 Å². The summed E-state index contributed by atoms with van der Waals surface area (Å²) in [4.78, 5) is 12.3. The summed E-state index contributed by atoms with van der Waals surface area (Å²) in [6.45, 7) is -0.156. The van der Waals surface area contributed by atoms with Crippen LogP contribution in [0.25, 0.3) is 0 Å². The number of hydrogen-bond acceptors (Lipinski definition) is 5. The summed E-state index contributed by atoms with van der Waals surface area (Å²) in [6.07, 6.45) is 0. The van der Waals surface area contributed by atoms with Gasteiger partial charge in [-0.1, -0.05) is 18.2 Å². The Labute approximate surface area is 139 Å². The summed E-state index contributed by atoms with van der Waals surface area (Å²) in [5.74, 6) is 0.700. The number of nitrogens with one attached hydrogen (secondary N) is 1. The van der Waals surface area contributed by atoms with Gasteiger partial charge in [-0.3, -0.25) is 4.79 Å². The lowest BCUT2D eigenvalue weighted by Gasteiger charge is -2.17. The van der Waals surface area contributed by atoms with Crippen molar-refractivity contribution in [1.82, 2.24) is 4.31 Å². The third kappa shape index (κ3) is 3.34. The third-order valence-electron chi connectivity index (χ3n) is 3.47. The highest BCUT2D eigenvalue weighted by Crippen LogP contribution is 2.34. The number of anilines is 1. The first-order chi connectivity index (χ1) is 11.5. The van der Waals surface area contributed by atoms with E-state index in [2.05, 4.69) is 5.32 Å². The highest BCUT2D eigenvalue weighted by atomic mass is 32.2. The van der Waals surface area contributed by atoms with Gasteiger partial charge in [0, 0.05) is 18.8 Å². The van der Waals surface area contributed by atoms with Crippen LogP contribution < -0.4 is 14.8 Å². The number of carbonyl (C=O) groups excluding carboxylic acids is 1. The van der Waals surface area contributed by atoms with Crippen LogP contribution in [0.15, 0.2) is 53.4 Å². The lowest BCUT2D eigenvalue weighted by atomic mass is 10.3. The van der Waals surface area contributed by atoms with Gasteiger partial charge >= 0.3 is 0 Å². The fourth-order valence-electron chi connectivity index (χ4n) is 2.23. The normalized spacial score (nSPS) is 13.1. The molecule has 0 aromatic heterocycles. The predicted molar refractivity (Wildman–Crippen MR) is 87.5 cm³/mol. The smallest absolute Gasteiger partial charge is 0.243 e. The Bertz CT molecular complexity index is 852. The number of amides is 1. The number of hydrogen-bond donors (Lipinski definition) is 1. The molecule has 0 fully saturated rings. The summed E-state index contributed by atoms with van der Waals surface area (Å²) in [5, 5.41) is 2.65. The van der Waals surface area contributed by atoms with E-state index in [9.17, 15) is 13.2 Å². The molecule has 0 radical (unpaired) electrons. The van der Waals surface area contributed by atoms with Gasteiger partial charge in [0.15, 0.2) is 11.5 Å². The minimum Gasteiger partial charge on any atom is -0.454 e. The number of rotatable bonds is 5. The summed E-state index contributed by atoms with van der Waals surface area (Å²) >= 11 is 0. The third-order valence-corrected chi connectivity index (χ3v) is 5.29. The number of sulfonamides is 1. The van der Waals surface area contributed by atoms with E-state index < -0.39 is 15.9 Å². The van der Waals surface area contributed by atoms with Crippen LogP contribution in [-0.2, 0) is 14.8 Å². The van der Waals surface area contributed by atoms with Crippen LogP contribution in [0.4, 0.5) is 5.69 Å². The maximum Gasteiger partial charge on any atom is 0.243 e. The highest BCUT2D eigenvalue weighted by Gasteiger charge is 2.23. The molecular weight excluding hydrogens is 332 g/mol. The van der Waals surface area contributed by atoms with E-state index in [1.54, 1.807) is 36.4 Å². The first-order valence-corrected chi connectivity index (χ1v) is 8.62. The lowest BCUT2D eigenvalue weighted by Crippen LogP contribution is -2.34. The van der Waals surface area contributed by atoms with Gasteiger partial charge in [-0.2, -0.15) is 4.31 Å². The number of likely N-dealkylation sites (N-methyl/N-ethyl adjacent to an activating group) is 1. The SMILES string of the molecule is CN(CC(=O)Nc1ccc2c(c1)OCO2)S(=O)(=O)c1ccccc1. The summed E-state index contributed by atoms with van der Waals surface area (Å²) < 4.78 is 36.2. The van der Waals surface area contributed by atoms with Crippen LogP contribution in [-0.4, -0.2) is 39.0 Å². The molecule has 1 heterocycles. The van der Waals surface area contributed by atoms with E-state index in [1.807, 2.05) is 0 Å². The van der Waals surface area contributed by atoms with Gasteiger partial charge in [-0.25, -0.2) is 8.42 Å². The molecule has 24 heavy (non-hydrogen) atoms. The second kappa shape index (κ2) is 6.50. The maximum absolute atomic E-state index is 12.4. The quantitative estimate of drug-likeness (QED) is 0.888. The van der Waals surface area contributed by atoms with Gasteiger partial charge in [-0.15, -0.1) is 0 Å². The molecule has 3 rings (SSSR count). The lowest BCUT2D eigenvalue weighted by molar-refractivity contribution is -0.116. The zero-order valence-corrected chi connectivity index (χ0v) is 13.7. The van der Waals surface area contributed by atoms with Crippen LogP contribution in [0, 0.1) is 0 Å². The van der Waals surface area contributed by atoms with Crippen molar-refractivity contribution >= 4 is 21.6 Å². The summed E-state index contributed by atoms with van der Waals surface area (Å²) in [5.41, 5.74) is 0.509. The molecule has 0 unspecified atom stereocenters. The number of nitrogens with zero attached hydrogens (tertiary/aromatic N) is 1. The van der Waals surface area contributed by atoms with Gasteiger partial charge < -0.3 is 14.8 Å². The molecule has 126 valence electrons. The van der Waals surface area contributed by atoms with E-state index >= 15 is 0 Å². The minimum atomic E-state index is -3.71. The second-order valence-corrected chi connectivity index (χ2v) is 7.24. The molecule has 1 amide bonds. The Morgan fingerprint density at radius 2 is 1.83 bits per heavy atom. The molecule has 2 aromatic carbocycles. The van der Waals surface area contributed by atoms with Crippen LogP contribution >= 0.6 is 0 Å². The Balaban J connectivity index is 1.66. The van der Waals surface area contributed by atoms with Gasteiger partial charge in [0.2, 0.25) is 22.7 Å². The molecule has 0 saturated heterocycles. The van der Waals surface area contributed by atoms with Crippen molar-refractivity contribution in [3.05, 3.63) is 48.5 Å². The van der Waals surface area contributed by atoms with Crippen molar-refractivity contribution in [2.75, 3.05) is 25.7 Å². The van der Waals surface area contributed by atoms with E-state index in [0.717, 1.165) is 4.31 Å². The monoisotopic (exact) mass is 348 g/mol. The maximum atomic E-state index is 12.4. The summed E-state index contributed by atoms with van der Waals surface area (Å²) in [7, 11) is -2.35. The molecule has 0 spiro atoms. The number of ether oxygens (including phenoxy) is 2. The molecule has 2 aromatic rings. The molecular formula is C16H16N2O5S. The van der Waals surface area contributed by atoms with Crippen LogP contribution in [0.5, 0.6) is 11.5 Å². The Hall–Kier alpha value is -2.58. The predicted octanol–water partition coefficient (Wildman–Crippen LogP) is 1.67. The number of fused-ring (bicyclic) bond motifs is 1. The molecule has 1 aliphatic rings. The molecule has 0 aliphatic carbocycles. The topological polar surface area (TPSA) is 84.9 Å². The molecule has 0 saturated carbocycles. The van der Waals surface area contributed by atoms with E-state index in [0.29, 0.717) is 17.2 Å². The molecule has 1 aliphatic heterocycles. The molecule has 0 bridgehead atoms. The Morgan fingerprint density at radius 1 is 1.12 bits per heavy atom. The van der Waals surface area contributed by atoms with Gasteiger partial charge in [-0.05, 0) is 24.3 Å². The molecule has 1 N–H and O–H groups in total. The van der Waals surface area contributed by atoms with Crippen LogP contribution in [0.1, 0.15) is 0 Å². The molecule has 8 heteroatoms.